The number of hydrogen-bond donors (Lipinski definition) is 2. The molecule has 8 heteroatoms. The van der Waals surface area contributed by atoms with Gasteiger partial charge in [0.1, 0.15) is 11.9 Å². The quantitative estimate of drug-likeness (QED) is 0.630. The average molecular weight is 485 g/mol. The molecule has 0 spiro atoms. The minimum absolute atomic E-state index is 0.0505. The Morgan fingerprint density at radius 2 is 1.79 bits per heavy atom. The van der Waals surface area contributed by atoms with Crippen LogP contribution in [0.1, 0.15) is 60.2 Å². The van der Waals surface area contributed by atoms with Crippen LogP contribution in [0.3, 0.4) is 0 Å². The molecule has 3 aliphatic rings. The number of carbonyl (C=O) groups is 2. The molecule has 2 unspecified atom stereocenters. The van der Waals surface area contributed by atoms with Crippen LogP contribution in [0.15, 0.2) is 41.8 Å². The van der Waals surface area contributed by atoms with Crippen LogP contribution in [0.25, 0.3) is 0 Å². The van der Waals surface area contributed by atoms with E-state index in [9.17, 15) is 14.0 Å². The third-order valence-corrected chi connectivity index (χ3v) is 8.31. The third-order valence-electron chi connectivity index (χ3n) is 7.46. The van der Waals surface area contributed by atoms with Crippen molar-refractivity contribution in [3.63, 3.8) is 0 Å². The predicted octanol–water partition coefficient (Wildman–Crippen LogP) is 3.52. The van der Waals surface area contributed by atoms with Gasteiger partial charge in [0.2, 0.25) is 5.91 Å². The van der Waals surface area contributed by atoms with E-state index in [-0.39, 0.29) is 35.8 Å². The highest BCUT2D eigenvalue weighted by Crippen LogP contribution is 2.35. The van der Waals surface area contributed by atoms with Gasteiger partial charge in [0.15, 0.2) is 0 Å². The summed E-state index contributed by atoms with van der Waals surface area (Å²) in [4.78, 5) is 31.7. The van der Waals surface area contributed by atoms with Crippen molar-refractivity contribution in [1.82, 2.24) is 15.1 Å². The molecule has 2 saturated carbocycles. The molecule has 1 saturated heterocycles. The average Bonchev–Trinajstić information content (AvgIpc) is 3.33. The zero-order chi connectivity index (χ0) is 23.7. The normalized spacial score (nSPS) is 27.2. The molecule has 5 rings (SSSR count). The first-order valence-electron chi connectivity index (χ1n) is 12.4. The zero-order valence-electron chi connectivity index (χ0n) is 19.4. The van der Waals surface area contributed by atoms with E-state index >= 15 is 0 Å². The van der Waals surface area contributed by atoms with E-state index in [1.807, 2.05) is 29.6 Å². The molecule has 6 nitrogen and oxygen atoms in total. The van der Waals surface area contributed by atoms with E-state index in [1.165, 1.54) is 23.5 Å². The Bertz CT molecular complexity index is 987. The van der Waals surface area contributed by atoms with Crippen LogP contribution in [0.2, 0.25) is 0 Å². The van der Waals surface area contributed by atoms with Crippen LogP contribution in [0.4, 0.5) is 4.39 Å². The molecule has 3 N–H and O–H groups in total. The zero-order valence-corrected chi connectivity index (χ0v) is 20.2. The van der Waals surface area contributed by atoms with Gasteiger partial charge in [0.05, 0.1) is 4.88 Å². The Labute approximate surface area is 204 Å². The highest BCUT2D eigenvalue weighted by atomic mass is 32.1. The Hall–Kier alpha value is -2.29. The van der Waals surface area contributed by atoms with Crippen molar-refractivity contribution in [1.29, 1.82) is 0 Å². The Morgan fingerprint density at radius 1 is 1.06 bits per heavy atom. The summed E-state index contributed by atoms with van der Waals surface area (Å²) < 4.78 is 13.4. The summed E-state index contributed by atoms with van der Waals surface area (Å²) >= 11 is 1.41. The van der Waals surface area contributed by atoms with Gasteiger partial charge in [0.25, 0.3) is 5.91 Å². The van der Waals surface area contributed by atoms with Crippen molar-refractivity contribution in [3.05, 3.63) is 58.0 Å². The number of thiophene rings is 1. The lowest BCUT2D eigenvalue weighted by atomic mass is 9.91. The largest absolute Gasteiger partial charge is 0.352 e. The number of rotatable bonds is 7. The number of benzene rings is 1. The lowest BCUT2D eigenvalue weighted by Gasteiger charge is -2.29. The van der Waals surface area contributed by atoms with E-state index in [4.69, 9.17) is 5.73 Å². The van der Waals surface area contributed by atoms with Crippen LogP contribution in [-0.2, 0) is 11.3 Å². The highest BCUT2D eigenvalue weighted by Gasteiger charge is 2.45. The molecule has 2 amide bonds. The van der Waals surface area contributed by atoms with Crippen LogP contribution < -0.4 is 11.1 Å². The fourth-order valence-corrected chi connectivity index (χ4v) is 6.07. The van der Waals surface area contributed by atoms with Crippen LogP contribution in [-0.4, -0.2) is 58.4 Å². The van der Waals surface area contributed by atoms with Crippen molar-refractivity contribution in [2.24, 2.45) is 5.73 Å². The smallest absolute Gasteiger partial charge is 0.264 e. The highest BCUT2D eigenvalue weighted by molar-refractivity contribution is 7.12. The molecule has 1 aromatic carbocycles. The molecule has 2 aromatic rings. The van der Waals surface area contributed by atoms with Gasteiger partial charge < -0.3 is 16.0 Å². The molecule has 2 aliphatic carbocycles. The monoisotopic (exact) mass is 484 g/mol. The second kappa shape index (κ2) is 10.1. The fraction of sp³-hybridized carbons (Fsp3) is 0.538. The SMILES string of the molecule is NC1CCC(NC(=O)C2CC(N(Cc3ccc(F)cc3)C3CC3)CN2C(=O)c2cccs2)CC1. The molecule has 34 heavy (non-hydrogen) atoms. The summed E-state index contributed by atoms with van der Waals surface area (Å²) in [7, 11) is 0. The summed E-state index contributed by atoms with van der Waals surface area (Å²) in [6, 6.07) is 10.8. The second-order valence-corrected chi connectivity index (χ2v) is 10.9. The van der Waals surface area contributed by atoms with Crippen molar-refractivity contribution in [2.75, 3.05) is 6.54 Å². The van der Waals surface area contributed by atoms with E-state index in [0.717, 1.165) is 44.1 Å². The number of carbonyl (C=O) groups excluding carboxylic acids is 2. The molecule has 3 fully saturated rings. The first-order valence-corrected chi connectivity index (χ1v) is 13.3. The van der Waals surface area contributed by atoms with Gasteiger partial charge in [-0.05, 0) is 74.1 Å². The minimum atomic E-state index is -0.482. The Morgan fingerprint density at radius 3 is 2.44 bits per heavy atom. The maximum Gasteiger partial charge on any atom is 0.264 e. The van der Waals surface area contributed by atoms with Gasteiger partial charge in [-0.1, -0.05) is 18.2 Å². The number of nitrogens with two attached hydrogens (primary N) is 1. The minimum Gasteiger partial charge on any atom is -0.352 e. The number of halogens is 1. The van der Waals surface area contributed by atoms with Gasteiger partial charge in [-0.15, -0.1) is 11.3 Å². The van der Waals surface area contributed by atoms with Crippen LogP contribution in [0.5, 0.6) is 0 Å². The molecular weight excluding hydrogens is 451 g/mol. The summed E-state index contributed by atoms with van der Waals surface area (Å²) in [5.74, 6) is -0.359. The molecule has 182 valence electrons. The first kappa shape index (κ1) is 23.5. The van der Waals surface area contributed by atoms with Crippen LogP contribution >= 0.6 is 11.3 Å². The summed E-state index contributed by atoms with van der Waals surface area (Å²) in [5.41, 5.74) is 7.08. The predicted molar refractivity (Wildman–Crippen MR) is 131 cm³/mol. The van der Waals surface area contributed by atoms with Crippen LogP contribution in [0, 0.1) is 5.82 Å². The number of nitrogens with one attached hydrogen (secondary N) is 1. The number of nitrogens with zero attached hydrogens (tertiary/aromatic N) is 2. The van der Waals surface area contributed by atoms with Crippen molar-refractivity contribution < 1.29 is 14.0 Å². The molecule has 0 radical (unpaired) electrons. The standard InChI is InChI=1S/C26H33FN4O2S/c27-18-5-3-17(4-6-18)15-30(21-11-12-21)22-14-23(25(32)29-20-9-7-19(28)8-10-20)31(16-22)26(33)24-2-1-13-34-24/h1-6,13,19-23H,7-12,14-16,28H2,(H,29,32). The van der Waals surface area contributed by atoms with Gasteiger partial charge in [0, 0.05) is 37.3 Å². The molecule has 1 aliphatic heterocycles. The lowest BCUT2D eigenvalue weighted by molar-refractivity contribution is -0.125. The maximum absolute atomic E-state index is 13.4. The number of likely N-dealkylation sites (tertiary alicyclic amines) is 1. The molecular formula is C26H33FN4O2S. The Balaban J connectivity index is 1.33. The van der Waals surface area contributed by atoms with Gasteiger partial charge >= 0.3 is 0 Å². The topological polar surface area (TPSA) is 78.7 Å². The Kier molecular flexibility index (Phi) is 6.99. The fourth-order valence-electron chi connectivity index (χ4n) is 5.39. The van der Waals surface area contributed by atoms with E-state index in [0.29, 0.717) is 30.4 Å². The maximum atomic E-state index is 13.4. The second-order valence-electron chi connectivity index (χ2n) is 9.99. The molecule has 1 aromatic heterocycles. The molecule has 2 atom stereocenters. The summed E-state index contributed by atoms with van der Waals surface area (Å²) in [5, 5.41) is 5.12. The lowest BCUT2D eigenvalue weighted by Crippen LogP contribution is -2.50. The number of hydrogen-bond acceptors (Lipinski definition) is 5. The van der Waals surface area contributed by atoms with Crippen molar-refractivity contribution in [3.8, 4) is 0 Å². The molecule has 2 heterocycles. The first-order chi connectivity index (χ1) is 16.5. The number of amides is 2. The van der Waals surface area contributed by atoms with Gasteiger partial charge in [-0.25, -0.2) is 4.39 Å². The van der Waals surface area contributed by atoms with E-state index in [2.05, 4.69) is 10.2 Å². The van der Waals surface area contributed by atoms with Gasteiger partial charge in [-0.2, -0.15) is 0 Å². The summed E-state index contributed by atoms with van der Waals surface area (Å²) in [6.45, 7) is 1.23. The third kappa shape index (κ3) is 5.34. The van der Waals surface area contributed by atoms with Crippen molar-refractivity contribution in [2.45, 2.75) is 81.7 Å². The summed E-state index contributed by atoms with van der Waals surface area (Å²) in [6.07, 6.45) is 6.48. The molecule has 0 bridgehead atoms. The van der Waals surface area contributed by atoms with Crippen molar-refractivity contribution >= 4 is 23.2 Å². The van der Waals surface area contributed by atoms with E-state index < -0.39 is 6.04 Å². The van der Waals surface area contributed by atoms with E-state index in [1.54, 1.807) is 4.90 Å². The van der Waals surface area contributed by atoms with Gasteiger partial charge in [-0.3, -0.25) is 14.5 Å².